The fraction of sp³-hybridized carbons (Fsp3) is 0.308. The lowest BCUT2D eigenvalue weighted by atomic mass is 9.96. The van der Waals surface area contributed by atoms with Gasteiger partial charge in [0.25, 0.3) is 0 Å². The van der Waals surface area contributed by atoms with Crippen LogP contribution in [-0.4, -0.2) is 17.5 Å². The van der Waals surface area contributed by atoms with Gasteiger partial charge < -0.3 is 5.32 Å². The van der Waals surface area contributed by atoms with Crippen LogP contribution >= 0.6 is 23.2 Å². The number of hydrogen-bond acceptors (Lipinski definition) is 3. The molecule has 1 aromatic carbocycles. The molecule has 0 spiro atoms. The SMILES string of the molecule is CC1=NNC(=O)[C@@H](CC(=O)Nc2ccc(Cl)c(Cl)c2)C1. The zero-order valence-corrected chi connectivity index (χ0v) is 12.3. The number of hydrogen-bond donors (Lipinski definition) is 2. The molecule has 2 rings (SSSR count). The van der Waals surface area contributed by atoms with Crippen LogP contribution in [-0.2, 0) is 9.59 Å². The molecule has 1 aliphatic heterocycles. The van der Waals surface area contributed by atoms with Crippen molar-refractivity contribution in [2.45, 2.75) is 19.8 Å². The Balaban J connectivity index is 1.97. The van der Waals surface area contributed by atoms with Gasteiger partial charge in [0.1, 0.15) is 0 Å². The van der Waals surface area contributed by atoms with E-state index >= 15 is 0 Å². The van der Waals surface area contributed by atoms with Gasteiger partial charge in [-0.05, 0) is 31.5 Å². The topological polar surface area (TPSA) is 70.6 Å². The second-order valence-corrected chi connectivity index (χ2v) is 5.42. The number of anilines is 1. The number of amides is 2. The maximum absolute atomic E-state index is 11.9. The maximum atomic E-state index is 11.9. The fourth-order valence-electron chi connectivity index (χ4n) is 1.91. The van der Waals surface area contributed by atoms with Gasteiger partial charge >= 0.3 is 0 Å². The summed E-state index contributed by atoms with van der Waals surface area (Å²) >= 11 is 11.7. The van der Waals surface area contributed by atoms with E-state index in [0.717, 1.165) is 5.71 Å². The van der Waals surface area contributed by atoms with E-state index in [2.05, 4.69) is 15.8 Å². The van der Waals surface area contributed by atoms with Crippen molar-refractivity contribution in [3.8, 4) is 0 Å². The highest BCUT2D eigenvalue weighted by molar-refractivity contribution is 6.42. The number of carbonyl (C=O) groups excluding carboxylic acids is 2. The summed E-state index contributed by atoms with van der Waals surface area (Å²) in [4.78, 5) is 23.5. The average Bonchev–Trinajstić information content (AvgIpc) is 2.38. The van der Waals surface area contributed by atoms with Gasteiger partial charge in [-0.15, -0.1) is 0 Å². The third kappa shape index (κ3) is 3.71. The Kier molecular flexibility index (Phi) is 4.62. The Hall–Kier alpha value is -1.59. The van der Waals surface area contributed by atoms with Crippen molar-refractivity contribution in [3.05, 3.63) is 28.2 Å². The molecule has 1 atom stereocenters. The fourth-order valence-corrected chi connectivity index (χ4v) is 2.21. The third-order valence-corrected chi connectivity index (χ3v) is 3.64. The number of rotatable bonds is 3. The molecule has 7 heteroatoms. The minimum atomic E-state index is -0.393. The number of benzene rings is 1. The summed E-state index contributed by atoms with van der Waals surface area (Å²) in [7, 11) is 0. The number of carbonyl (C=O) groups is 2. The first-order chi connectivity index (χ1) is 9.45. The minimum Gasteiger partial charge on any atom is -0.326 e. The van der Waals surface area contributed by atoms with E-state index in [-0.39, 0.29) is 18.2 Å². The van der Waals surface area contributed by atoms with Crippen molar-refractivity contribution in [2.24, 2.45) is 11.0 Å². The summed E-state index contributed by atoms with van der Waals surface area (Å²) in [5.41, 5.74) is 3.75. The molecule has 0 radical (unpaired) electrons. The lowest BCUT2D eigenvalue weighted by Crippen LogP contribution is -2.35. The quantitative estimate of drug-likeness (QED) is 0.900. The van der Waals surface area contributed by atoms with Crippen molar-refractivity contribution < 1.29 is 9.59 Å². The number of nitrogens with zero attached hydrogens (tertiary/aromatic N) is 1. The summed E-state index contributed by atoms with van der Waals surface area (Å²) in [5.74, 6) is -0.881. The zero-order valence-electron chi connectivity index (χ0n) is 10.7. The standard InChI is InChI=1S/C13H13Cl2N3O2/c1-7-4-8(13(20)18-17-7)5-12(19)16-9-2-3-10(14)11(15)6-9/h2-3,6,8H,4-5H2,1H3,(H,16,19)(H,18,20)/t8-/m1/s1. The molecule has 1 aliphatic rings. The Bertz CT molecular complexity index is 587. The number of halogens is 2. The molecular weight excluding hydrogens is 301 g/mol. The van der Waals surface area contributed by atoms with Crippen molar-refractivity contribution in [1.82, 2.24) is 5.43 Å². The highest BCUT2D eigenvalue weighted by Gasteiger charge is 2.25. The number of hydrazone groups is 1. The second kappa shape index (κ2) is 6.24. The highest BCUT2D eigenvalue weighted by Crippen LogP contribution is 2.25. The molecule has 0 fully saturated rings. The van der Waals surface area contributed by atoms with Crippen molar-refractivity contribution >= 4 is 46.4 Å². The van der Waals surface area contributed by atoms with Gasteiger partial charge in [0.15, 0.2) is 0 Å². The van der Waals surface area contributed by atoms with E-state index < -0.39 is 5.92 Å². The molecule has 5 nitrogen and oxygen atoms in total. The van der Waals surface area contributed by atoms with Crippen LogP contribution in [0.25, 0.3) is 0 Å². The van der Waals surface area contributed by atoms with Crippen LogP contribution in [0.4, 0.5) is 5.69 Å². The predicted octanol–water partition coefficient (Wildman–Crippen LogP) is 2.83. The molecule has 2 N–H and O–H groups in total. The first-order valence-electron chi connectivity index (χ1n) is 6.03. The largest absolute Gasteiger partial charge is 0.326 e. The Morgan fingerprint density at radius 1 is 1.45 bits per heavy atom. The Labute approximate surface area is 126 Å². The van der Waals surface area contributed by atoms with Gasteiger partial charge in [0, 0.05) is 17.8 Å². The Morgan fingerprint density at radius 2 is 2.20 bits per heavy atom. The van der Waals surface area contributed by atoms with Crippen LogP contribution in [0.2, 0.25) is 10.0 Å². The first kappa shape index (κ1) is 14.8. The van der Waals surface area contributed by atoms with E-state index in [4.69, 9.17) is 23.2 Å². The van der Waals surface area contributed by atoms with Gasteiger partial charge in [-0.1, -0.05) is 23.2 Å². The van der Waals surface area contributed by atoms with Crippen LogP contribution in [0.15, 0.2) is 23.3 Å². The molecular formula is C13H13Cl2N3O2. The normalized spacial score (nSPS) is 18.2. The van der Waals surface area contributed by atoms with Gasteiger partial charge in [-0.3, -0.25) is 9.59 Å². The molecule has 0 saturated heterocycles. The van der Waals surface area contributed by atoms with Crippen LogP contribution < -0.4 is 10.7 Å². The monoisotopic (exact) mass is 313 g/mol. The molecule has 0 aliphatic carbocycles. The third-order valence-electron chi connectivity index (χ3n) is 2.90. The van der Waals surface area contributed by atoms with Crippen molar-refractivity contribution in [2.75, 3.05) is 5.32 Å². The highest BCUT2D eigenvalue weighted by atomic mass is 35.5. The second-order valence-electron chi connectivity index (χ2n) is 4.61. The molecule has 1 heterocycles. The molecule has 0 saturated carbocycles. The first-order valence-corrected chi connectivity index (χ1v) is 6.79. The Morgan fingerprint density at radius 3 is 2.90 bits per heavy atom. The number of nitrogens with one attached hydrogen (secondary N) is 2. The maximum Gasteiger partial charge on any atom is 0.244 e. The summed E-state index contributed by atoms with van der Waals surface area (Å²) in [6.45, 7) is 1.81. The van der Waals surface area contributed by atoms with E-state index in [1.165, 1.54) is 0 Å². The zero-order chi connectivity index (χ0) is 14.7. The minimum absolute atomic E-state index is 0.0962. The lowest BCUT2D eigenvalue weighted by Gasteiger charge is -2.19. The van der Waals surface area contributed by atoms with Crippen LogP contribution in [0.3, 0.4) is 0 Å². The molecule has 20 heavy (non-hydrogen) atoms. The molecule has 1 aromatic rings. The average molecular weight is 314 g/mol. The molecule has 0 aromatic heterocycles. The summed E-state index contributed by atoms with van der Waals surface area (Å²) in [6.07, 6.45) is 0.583. The lowest BCUT2D eigenvalue weighted by molar-refractivity contribution is -0.128. The van der Waals surface area contributed by atoms with Gasteiger partial charge in [-0.2, -0.15) is 5.10 Å². The predicted molar refractivity (Wildman–Crippen MR) is 79.1 cm³/mol. The van der Waals surface area contributed by atoms with Gasteiger partial charge in [0.2, 0.25) is 11.8 Å². The summed E-state index contributed by atoms with van der Waals surface area (Å²) in [6, 6.07) is 4.82. The summed E-state index contributed by atoms with van der Waals surface area (Å²) < 4.78 is 0. The van der Waals surface area contributed by atoms with E-state index in [9.17, 15) is 9.59 Å². The smallest absolute Gasteiger partial charge is 0.244 e. The van der Waals surface area contributed by atoms with Crippen molar-refractivity contribution in [3.63, 3.8) is 0 Å². The molecule has 106 valence electrons. The van der Waals surface area contributed by atoms with Crippen LogP contribution in [0, 0.1) is 5.92 Å². The van der Waals surface area contributed by atoms with Crippen molar-refractivity contribution in [1.29, 1.82) is 0 Å². The van der Waals surface area contributed by atoms with E-state index in [0.29, 0.717) is 22.2 Å². The molecule has 2 amide bonds. The van der Waals surface area contributed by atoms with E-state index in [1.54, 1.807) is 18.2 Å². The van der Waals surface area contributed by atoms with Crippen LogP contribution in [0.5, 0.6) is 0 Å². The van der Waals surface area contributed by atoms with E-state index in [1.807, 2.05) is 6.92 Å². The summed E-state index contributed by atoms with van der Waals surface area (Å²) in [5, 5.41) is 7.30. The van der Waals surface area contributed by atoms with Gasteiger partial charge in [-0.25, -0.2) is 5.43 Å². The van der Waals surface area contributed by atoms with Gasteiger partial charge in [0.05, 0.1) is 16.0 Å². The van der Waals surface area contributed by atoms with Crippen LogP contribution in [0.1, 0.15) is 19.8 Å². The molecule has 0 unspecified atom stereocenters. The molecule has 0 bridgehead atoms.